The highest BCUT2D eigenvalue weighted by atomic mass is 32.1. The van der Waals surface area contributed by atoms with Crippen molar-refractivity contribution < 1.29 is 0 Å². The summed E-state index contributed by atoms with van der Waals surface area (Å²) in [6.45, 7) is 9.57. The van der Waals surface area contributed by atoms with Gasteiger partial charge in [0.1, 0.15) is 0 Å². The van der Waals surface area contributed by atoms with Crippen molar-refractivity contribution in [3.8, 4) is 0 Å². The van der Waals surface area contributed by atoms with Crippen molar-refractivity contribution in [3.05, 3.63) is 22.4 Å². The van der Waals surface area contributed by atoms with E-state index in [1.54, 1.807) is 4.88 Å². The molecule has 2 heterocycles. The van der Waals surface area contributed by atoms with Crippen LogP contribution in [0.1, 0.15) is 44.5 Å². The zero-order valence-corrected chi connectivity index (χ0v) is 10.8. The lowest BCUT2D eigenvalue weighted by atomic mass is 9.74. The molecule has 1 aliphatic heterocycles. The molecule has 0 bridgehead atoms. The first-order valence-corrected chi connectivity index (χ1v) is 6.80. The minimum Gasteiger partial charge on any atom is -0.294 e. The molecule has 84 valence electrons. The van der Waals surface area contributed by atoms with E-state index in [9.17, 15) is 0 Å². The van der Waals surface area contributed by atoms with E-state index >= 15 is 0 Å². The molecule has 0 aromatic carbocycles. The Morgan fingerprint density at radius 1 is 1.53 bits per heavy atom. The second-order valence-electron chi connectivity index (χ2n) is 5.23. The number of thiophene rings is 1. The van der Waals surface area contributed by atoms with Gasteiger partial charge in [-0.1, -0.05) is 33.3 Å². The average Bonchev–Trinajstić information content (AvgIpc) is 2.64. The molecule has 0 N–H and O–H groups in total. The summed E-state index contributed by atoms with van der Waals surface area (Å²) < 4.78 is 0. The predicted molar refractivity (Wildman–Crippen MR) is 67.3 cm³/mol. The smallest absolute Gasteiger partial charge is 0.0504 e. The van der Waals surface area contributed by atoms with Gasteiger partial charge in [-0.2, -0.15) is 0 Å². The van der Waals surface area contributed by atoms with Crippen LogP contribution in [0.2, 0.25) is 0 Å². The monoisotopic (exact) mass is 223 g/mol. The standard InChI is InChI=1S/C13H21NS/c1-4-5-8-14-10-13(2,3)12(14)11-7-6-9-15-11/h6-7,9,12H,4-5,8,10H2,1-3H3/t12-/m0/s1. The maximum Gasteiger partial charge on any atom is 0.0504 e. The van der Waals surface area contributed by atoms with Crippen LogP contribution < -0.4 is 0 Å². The number of hydrogen-bond acceptors (Lipinski definition) is 2. The van der Waals surface area contributed by atoms with Crippen LogP contribution in [0.3, 0.4) is 0 Å². The van der Waals surface area contributed by atoms with Gasteiger partial charge in [0.05, 0.1) is 6.04 Å². The van der Waals surface area contributed by atoms with E-state index in [0.717, 1.165) is 0 Å². The lowest BCUT2D eigenvalue weighted by Gasteiger charge is -2.54. The molecule has 15 heavy (non-hydrogen) atoms. The fourth-order valence-electron chi connectivity index (χ4n) is 2.66. The lowest BCUT2D eigenvalue weighted by molar-refractivity contribution is -0.0506. The van der Waals surface area contributed by atoms with Crippen LogP contribution in [0.15, 0.2) is 17.5 Å². The molecule has 0 aliphatic carbocycles. The number of unbranched alkanes of at least 4 members (excludes halogenated alkanes) is 1. The molecule has 0 unspecified atom stereocenters. The zero-order chi connectivity index (χ0) is 10.9. The molecule has 1 nitrogen and oxygen atoms in total. The number of likely N-dealkylation sites (tertiary alicyclic amines) is 1. The summed E-state index contributed by atoms with van der Waals surface area (Å²) in [5.74, 6) is 0. The van der Waals surface area contributed by atoms with Crippen LogP contribution in [0, 0.1) is 5.41 Å². The molecule has 0 radical (unpaired) electrons. The van der Waals surface area contributed by atoms with Crippen LogP contribution in [0.25, 0.3) is 0 Å². The van der Waals surface area contributed by atoms with E-state index in [4.69, 9.17) is 0 Å². The van der Waals surface area contributed by atoms with Crippen LogP contribution in [0.4, 0.5) is 0 Å². The summed E-state index contributed by atoms with van der Waals surface area (Å²) in [6.07, 6.45) is 2.63. The van der Waals surface area contributed by atoms with Gasteiger partial charge in [0.25, 0.3) is 0 Å². The molecule has 2 heteroatoms. The largest absolute Gasteiger partial charge is 0.294 e. The first-order chi connectivity index (χ1) is 7.15. The number of rotatable bonds is 4. The molecule has 0 saturated carbocycles. The molecular formula is C13H21NS. The minimum atomic E-state index is 0.471. The number of hydrogen-bond donors (Lipinski definition) is 0. The van der Waals surface area contributed by atoms with Gasteiger partial charge in [0.2, 0.25) is 0 Å². The lowest BCUT2D eigenvalue weighted by Crippen LogP contribution is -2.55. The van der Waals surface area contributed by atoms with Gasteiger partial charge in [-0.3, -0.25) is 4.90 Å². The Morgan fingerprint density at radius 2 is 2.33 bits per heavy atom. The zero-order valence-electron chi connectivity index (χ0n) is 9.99. The molecule has 1 aromatic heterocycles. The minimum absolute atomic E-state index is 0.471. The molecule has 0 amide bonds. The van der Waals surface area contributed by atoms with E-state index in [2.05, 4.69) is 43.2 Å². The summed E-state index contributed by atoms with van der Waals surface area (Å²) in [4.78, 5) is 4.18. The summed E-state index contributed by atoms with van der Waals surface area (Å²) in [5, 5.41) is 2.20. The highest BCUT2D eigenvalue weighted by Crippen LogP contribution is 2.49. The van der Waals surface area contributed by atoms with Crippen molar-refractivity contribution in [2.24, 2.45) is 5.41 Å². The van der Waals surface area contributed by atoms with E-state index in [0.29, 0.717) is 11.5 Å². The Hall–Kier alpha value is -0.340. The second kappa shape index (κ2) is 4.26. The summed E-state index contributed by atoms with van der Waals surface area (Å²) in [5.41, 5.74) is 0.471. The molecule has 1 aliphatic rings. The van der Waals surface area contributed by atoms with Crippen LogP contribution in [0.5, 0.6) is 0 Å². The van der Waals surface area contributed by atoms with Gasteiger partial charge < -0.3 is 0 Å². The average molecular weight is 223 g/mol. The Balaban J connectivity index is 2.05. The molecule has 1 aromatic rings. The van der Waals surface area contributed by atoms with Gasteiger partial charge >= 0.3 is 0 Å². The van der Waals surface area contributed by atoms with Crippen LogP contribution in [-0.4, -0.2) is 18.0 Å². The summed E-state index contributed by atoms with van der Waals surface area (Å²) in [7, 11) is 0. The molecule has 1 fully saturated rings. The van der Waals surface area contributed by atoms with E-state index < -0.39 is 0 Å². The normalized spacial score (nSPS) is 25.1. The van der Waals surface area contributed by atoms with Crippen LogP contribution in [-0.2, 0) is 0 Å². The van der Waals surface area contributed by atoms with E-state index in [-0.39, 0.29) is 0 Å². The molecule has 2 rings (SSSR count). The van der Waals surface area contributed by atoms with Crippen molar-refractivity contribution in [1.82, 2.24) is 4.90 Å². The predicted octanol–water partition coefficient (Wildman–Crippen LogP) is 3.93. The fraction of sp³-hybridized carbons (Fsp3) is 0.692. The first-order valence-electron chi connectivity index (χ1n) is 5.92. The topological polar surface area (TPSA) is 3.24 Å². The highest BCUT2D eigenvalue weighted by molar-refractivity contribution is 7.10. The molecule has 1 saturated heterocycles. The Bertz CT molecular complexity index is 302. The van der Waals surface area contributed by atoms with Crippen molar-refractivity contribution >= 4 is 11.3 Å². The van der Waals surface area contributed by atoms with Gasteiger partial charge in [-0.15, -0.1) is 11.3 Å². The summed E-state index contributed by atoms with van der Waals surface area (Å²) >= 11 is 1.90. The van der Waals surface area contributed by atoms with Gasteiger partial charge in [0.15, 0.2) is 0 Å². The quantitative estimate of drug-likeness (QED) is 0.747. The Labute approximate surface area is 97.1 Å². The highest BCUT2D eigenvalue weighted by Gasteiger charge is 2.46. The number of nitrogens with zero attached hydrogens (tertiary/aromatic N) is 1. The third-order valence-corrected chi connectivity index (χ3v) is 4.25. The second-order valence-corrected chi connectivity index (χ2v) is 6.21. The van der Waals surface area contributed by atoms with Gasteiger partial charge in [-0.25, -0.2) is 0 Å². The van der Waals surface area contributed by atoms with E-state index in [1.165, 1.54) is 25.9 Å². The van der Waals surface area contributed by atoms with Crippen molar-refractivity contribution in [3.63, 3.8) is 0 Å². The third-order valence-electron chi connectivity index (χ3n) is 3.33. The molecule has 1 atom stereocenters. The van der Waals surface area contributed by atoms with Crippen molar-refractivity contribution in [1.29, 1.82) is 0 Å². The van der Waals surface area contributed by atoms with Crippen LogP contribution >= 0.6 is 11.3 Å². The maximum atomic E-state index is 2.63. The van der Waals surface area contributed by atoms with Gasteiger partial charge in [0, 0.05) is 11.4 Å². The fourth-order valence-corrected chi connectivity index (χ4v) is 3.73. The molecule has 0 spiro atoms. The third kappa shape index (κ3) is 2.11. The Morgan fingerprint density at radius 3 is 2.87 bits per heavy atom. The van der Waals surface area contributed by atoms with Gasteiger partial charge in [-0.05, 0) is 29.8 Å². The van der Waals surface area contributed by atoms with Crippen molar-refractivity contribution in [2.45, 2.75) is 39.7 Å². The van der Waals surface area contributed by atoms with E-state index in [1.807, 2.05) is 11.3 Å². The summed E-state index contributed by atoms with van der Waals surface area (Å²) in [6, 6.07) is 5.13. The first kappa shape index (κ1) is 11.2. The SMILES string of the molecule is CCCCN1CC(C)(C)[C@@H]1c1cccs1. The molecular weight excluding hydrogens is 202 g/mol. The maximum absolute atomic E-state index is 2.63. The van der Waals surface area contributed by atoms with Crippen molar-refractivity contribution in [2.75, 3.05) is 13.1 Å². The Kier molecular flexibility index (Phi) is 3.17.